The van der Waals surface area contributed by atoms with Gasteiger partial charge in [-0.05, 0) is 38.0 Å². The molecule has 0 aliphatic rings. The molecule has 7 heteroatoms. The van der Waals surface area contributed by atoms with Crippen LogP contribution in [0.15, 0.2) is 29.3 Å². The molecule has 0 bridgehead atoms. The molecule has 0 aromatic heterocycles. The van der Waals surface area contributed by atoms with Crippen LogP contribution in [0, 0.1) is 0 Å². The van der Waals surface area contributed by atoms with Crippen LogP contribution in [-0.4, -0.2) is 38.2 Å². The van der Waals surface area contributed by atoms with E-state index in [1.165, 1.54) is 0 Å². The van der Waals surface area contributed by atoms with Crippen molar-refractivity contribution in [3.8, 4) is 0 Å². The first-order valence-electron chi connectivity index (χ1n) is 8.68. The fourth-order valence-corrected chi connectivity index (χ4v) is 2.04. The summed E-state index contributed by atoms with van der Waals surface area (Å²) in [5, 5.41) is 9.32. The molecule has 142 valence electrons. The van der Waals surface area contributed by atoms with Gasteiger partial charge in [0.2, 0.25) is 5.91 Å². The van der Waals surface area contributed by atoms with Gasteiger partial charge in [0.1, 0.15) is 0 Å². The monoisotopic (exact) mass is 462 g/mol. The Bertz CT molecular complexity index is 506. The Balaban J connectivity index is 0.00000576. The van der Waals surface area contributed by atoms with Crippen molar-refractivity contribution in [3.05, 3.63) is 29.8 Å². The number of halogens is 1. The van der Waals surface area contributed by atoms with E-state index in [0.29, 0.717) is 19.6 Å². The van der Waals surface area contributed by atoms with Crippen molar-refractivity contribution >= 4 is 41.5 Å². The number of benzene rings is 1. The summed E-state index contributed by atoms with van der Waals surface area (Å²) >= 11 is 0. The third-order valence-corrected chi connectivity index (χ3v) is 3.22. The van der Waals surface area contributed by atoms with Crippen LogP contribution < -0.4 is 16.0 Å². The highest BCUT2D eigenvalue weighted by Crippen LogP contribution is 2.11. The average molecular weight is 462 g/mol. The molecule has 1 rings (SSSR count). The first-order valence-corrected chi connectivity index (χ1v) is 8.68. The minimum atomic E-state index is 0. The summed E-state index contributed by atoms with van der Waals surface area (Å²) < 4.78 is 5.31. The molecular weight excluding hydrogens is 431 g/mol. The number of carbonyl (C=O) groups excluding carboxylic acids is 1. The summed E-state index contributed by atoms with van der Waals surface area (Å²) in [6.45, 7) is 9.49. The summed E-state index contributed by atoms with van der Waals surface area (Å²) in [7, 11) is 0. The minimum Gasteiger partial charge on any atom is -0.380 e. The molecule has 0 aliphatic carbocycles. The van der Waals surface area contributed by atoms with E-state index in [1.54, 1.807) is 0 Å². The molecule has 25 heavy (non-hydrogen) atoms. The number of hydrogen-bond donors (Lipinski definition) is 3. The van der Waals surface area contributed by atoms with Gasteiger partial charge in [0.25, 0.3) is 0 Å². The van der Waals surface area contributed by atoms with E-state index in [0.717, 1.165) is 43.3 Å². The van der Waals surface area contributed by atoms with Crippen molar-refractivity contribution in [2.75, 3.05) is 31.6 Å². The molecule has 1 aromatic rings. The van der Waals surface area contributed by atoms with Crippen molar-refractivity contribution in [2.45, 2.75) is 40.2 Å². The Morgan fingerprint density at radius 3 is 2.44 bits per heavy atom. The summed E-state index contributed by atoms with van der Waals surface area (Å²) in [5.41, 5.74) is 1.91. The van der Waals surface area contributed by atoms with Crippen LogP contribution in [0.3, 0.4) is 0 Å². The van der Waals surface area contributed by atoms with E-state index in [-0.39, 0.29) is 29.9 Å². The molecule has 0 spiro atoms. The van der Waals surface area contributed by atoms with Gasteiger partial charge in [-0.2, -0.15) is 0 Å². The molecule has 0 heterocycles. The lowest BCUT2D eigenvalue weighted by Crippen LogP contribution is -2.39. The van der Waals surface area contributed by atoms with Crippen molar-refractivity contribution < 1.29 is 9.53 Å². The molecule has 0 unspecified atom stereocenters. The Morgan fingerprint density at radius 2 is 1.84 bits per heavy atom. The number of amides is 1. The van der Waals surface area contributed by atoms with Gasteiger partial charge in [0.15, 0.2) is 5.96 Å². The van der Waals surface area contributed by atoms with E-state index in [4.69, 9.17) is 4.74 Å². The fraction of sp³-hybridized carbons (Fsp3) is 0.556. The lowest BCUT2D eigenvalue weighted by molar-refractivity contribution is -0.116. The SMILES string of the molecule is CCCC(=O)Nc1ccc(CN=C(NCC)NCCOCC)cc1.I. The Kier molecular flexibility index (Phi) is 14.1. The van der Waals surface area contributed by atoms with Crippen molar-refractivity contribution in [2.24, 2.45) is 4.99 Å². The predicted octanol–water partition coefficient (Wildman–Crippen LogP) is 3.13. The van der Waals surface area contributed by atoms with Crippen LogP contribution in [0.25, 0.3) is 0 Å². The molecule has 1 aromatic carbocycles. The van der Waals surface area contributed by atoms with Crippen molar-refractivity contribution in [3.63, 3.8) is 0 Å². The first-order chi connectivity index (χ1) is 11.7. The highest BCUT2D eigenvalue weighted by molar-refractivity contribution is 14.0. The molecule has 0 saturated carbocycles. The lowest BCUT2D eigenvalue weighted by Gasteiger charge is -2.11. The summed E-state index contributed by atoms with van der Waals surface area (Å²) in [5.74, 6) is 0.828. The van der Waals surface area contributed by atoms with E-state index >= 15 is 0 Å². The van der Waals surface area contributed by atoms with Gasteiger partial charge in [0.05, 0.1) is 13.2 Å². The van der Waals surface area contributed by atoms with Crippen LogP contribution in [-0.2, 0) is 16.1 Å². The van der Waals surface area contributed by atoms with Gasteiger partial charge < -0.3 is 20.7 Å². The van der Waals surface area contributed by atoms with E-state index in [2.05, 4.69) is 20.9 Å². The molecule has 0 aliphatic heterocycles. The summed E-state index contributed by atoms with van der Waals surface area (Å²) in [4.78, 5) is 16.1. The first kappa shape index (κ1) is 23.6. The zero-order valence-corrected chi connectivity index (χ0v) is 17.8. The molecule has 0 radical (unpaired) electrons. The lowest BCUT2D eigenvalue weighted by atomic mass is 10.2. The standard InChI is InChI=1S/C18H30N4O2.HI/c1-4-7-17(23)22-16-10-8-15(9-11-16)14-21-18(19-5-2)20-12-13-24-6-3;/h8-11H,4-7,12-14H2,1-3H3,(H,22,23)(H2,19,20,21);1H. The number of aliphatic imine (C=N–C) groups is 1. The highest BCUT2D eigenvalue weighted by atomic mass is 127. The maximum atomic E-state index is 11.6. The van der Waals surface area contributed by atoms with Crippen LogP contribution in [0.5, 0.6) is 0 Å². The largest absolute Gasteiger partial charge is 0.380 e. The van der Waals surface area contributed by atoms with Gasteiger partial charge in [-0.15, -0.1) is 24.0 Å². The molecule has 0 atom stereocenters. The molecule has 6 nitrogen and oxygen atoms in total. The number of nitrogens with zero attached hydrogens (tertiary/aromatic N) is 1. The van der Waals surface area contributed by atoms with Gasteiger partial charge in [0, 0.05) is 31.8 Å². The molecular formula is C18H31IN4O2. The fourth-order valence-electron chi connectivity index (χ4n) is 2.04. The number of hydrogen-bond acceptors (Lipinski definition) is 3. The Morgan fingerprint density at radius 1 is 1.12 bits per heavy atom. The third-order valence-electron chi connectivity index (χ3n) is 3.22. The summed E-state index contributed by atoms with van der Waals surface area (Å²) in [6.07, 6.45) is 1.40. The second-order valence-electron chi connectivity index (χ2n) is 5.31. The maximum Gasteiger partial charge on any atom is 0.224 e. The second-order valence-corrected chi connectivity index (χ2v) is 5.31. The minimum absolute atomic E-state index is 0. The highest BCUT2D eigenvalue weighted by Gasteiger charge is 2.01. The topological polar surface area (TPSA) is 74.8 Å². The van der Waals surface area contributed by atoms with E-state index in [9.17, 15) is 4.79 Å². The van der Waals surface area contributed by atoms with Crippen LogP contribution in [0.4, 0.5) is 5.69 Å². The number of nitrogens with one attached hydrogen (secondary N) is 3. The predicted molar refractivity (Wildman–Crippen MR) is 115 cm³/mol. The molecule has 0 saturated heterocycles. The van der Waals surface area contributed by atoms with Gasteiger partial charge in [-0.1, -0.05) is 19.1 Å². The van der Waals surface area contributed by atoms with E-state index < -0.39 is 0 Å². The normalized spacial score (nSPS) is 10.8. The van der Waals surface area contributed by atoms with Gasteiger partial charge in [-0.3, -0.25) is 4.79 Å². The second kappa shape index (κ2) is 14.9. The van der Waals surface area contributed by atoms with Crippen LogP contribution >= 0.6 is 24.0 Å². The smallest absolute Gasteiger partial charge is 0.224 e. The van der Waals surface area contributed by atoms with Gasteiger partial charge >= 0.3 is 0 Å². The number of ether oxygens (including phenoxy) is 1. The van der Waals surface area contributed by atoms with Gasteiger partial charge in [-0.25, -0.2) is 4.99 Å². The Hall–Kier alpha value is -1.35. The zero-order valence-electron chi connectivity index (χ0n) is 15.4. The number of rotatable bonds is 10. The zero-order chi connectivity index (χ0) is 17.6. The number of anilines is 1. The molecule has 1 amide bonds. The maximum absolute atomic E-state index is 11.6. The quantitative estimate of drug-likeness (QED) is 0.216. The molecule has 3 N–H and O–H groups in total. The van der Waals surface area contributed by atoms with Crippen LogP contribution in [0.2, 0.25) is 0 Å². The molecule has 0 fully saturated rings. The third kappa shape index (κ3) is 11.0. The Labute approximate surface area is 168 Å². The average Bonchev–Trinajstić information content (AvgIpc) is 2.58. The number of carbonyl (C=O) groups is 1. The van der Waals surface area contributed by atoms with E-state index in [1.807, 2.05) is 45.0 Å². The van der Waals surface area contributed by atoms with Crippen molar-refractivity contribution in [1.82, 2.24) is 10.6 Å². The van der Waals surface area contributed by atoms with Crippen molar-refractivity contribution in [1.29, 1.82) is 0 Å². The number of guanidine groups is 1. The summed E-state index contributed by atoms with van der Waals surface area (Å²) in [6, 6.07) is 7.78. The van der Waals surface area contributed by atoms with Crippen LogP contribution in [0.1, 0.15) is 39.2 Å².